The van der Waals surface area contributed by atoms with Gasteiger partial charge in [-0.1, -0.05) is 15.9 Å². The summed E-state index contributed by atoms with van der Waals surface area (Å²) < 4.78 is 21.2. The molecular formula is C10H10BrFN4O. The normalized spacial score (nSPS) is 12.4. The molecule has 0 aliphatic heterocycles. The molecule has 0 spiro atoms. The van der Waals surface area contributed by atoms with E-state index < -0.39 is 5.82 Å². The zero-order chi connectivity index (χ0) is 12.3. The van der Waals surface area contributed by atoms with Crippen molar-refractivity contribution in [3.8, 4) is 5.75 Å². The quantitative estimate of drug-likeness (QED) is 0.867. The number of aromatic nitrogens is 4. The molecule has 2 aromatic rings. The van der Waals surface area contributed by atoms with Crippen molar-refractivity contribution in [1.82, 2.24) is 20.2 Å². The molecule has 0 bridgehead atoms. The van der Waals surface area contributed by atoms with Gasteiger partial charge in [0.2, 0.25) is 0 Å². The second-order valence-electron chi connectivity index (χ2n) is 3.54. The Morgan fingerprint density at radius 3 is 3.06 bits per heavy atom. The monoisotopic (exact) mass is 300 g/mol. The fourth-order valence-corrected chi connectivity index (χ4v) is 1.69. The summed E-state index contributed by atoms with van der Waals surface area (Å²) in [6.07, 6.45) is 1.25. The fourth-order valence-electron chi connectivity index (χ4n) is 1.35. The van der Waals surface area contributed by atoms with Crippen molar-refractivity contribution < 1.29 is 9.13 Å². The molecule has 0 N–H and O–H groups in total. The average molecular weight is 301 g/mol. The van der Waals surface area contributed by atoms with Gasteiger partial charge in [-0.15, -0.1) is 5.10 Å². The SMILES string of the molecule is CC(Cn1cnnn1)Oc1cc(Br)ccc1F. The standard InChI is InChI=1S/C10H10BrFN4O/c1-7(5-16-6-13-14-15-16)17-10-4-8(11)2-3-9(10)12/h2-4,6-7H,5H2,1H3. The average Bonchev–Trinajstić information content (AvgIpc) is 2.76. The predicted molar refractivity (Wildman–Crippen MR) is 62.0 cm³/mol. The van der Waals surface area contributed by atoms with Crippen LogP contribution in [0.15, 0.2) is 29.0 Å². The van der Waals surface area contributed by atoms with Gasteiger partial charge < -0.3 is 4.74 Å². The lowest BCUT2D eigenvalue weighted by Gasteiger charge is -2.14. The summed E-state index contributed by atoms with van der Waals surface area (Å²) in [5.41, 5.74) is 0. The van der Waals surface area contributed by atoms with E-state index in [0.717, 1.165) is 4.47 Å². The van der Waals surface area contributed by atoms with Gasteiger partial charge in [-0.05, 0) is 35.5 Å². The van der Waals surface area contributed by atoms with E-state index >= 15 is 0 Å². The number of nitrogens with zero attached hydrogens (tertiary/aromatic N) is 4. The first kappa shape index (κ1) is 12.0. The van der Waals surface area contributed by atoms with Gasteiger partial charge in [0.1, 0.15) is 12.4 Å². The number of hydrogen-bond donors (Lipinski definition) is 0. The van der Waals surface area contributed by atoms with Crippen LogP contribution < -0.4 is 4.74 Å². The van der Waals surface area contributed by atoms with Crippen LogP contribution in [0.4, 0.5) is 4.39 Å². The Labute approximate surface area is 106 Å². The van der Waals surface area contributed by atoms with Crippen LogP contribution in [0.2, 0.25) is 0 Å². The molecule has 0 aliphatic rings. The summed E-state index contributed by atoms with van der Waals surface area (Å²) in [6, 6.07) is 4.56. The van der Waals surface area contributed by atoms with Crippen LogP contribution in [0.3, 0.4) is 0 Å². The van der Waals surface area contributed by atoms with Crippen LogP contribution in [-0.2, 0) is 6.54 Å². The van der Waals surface area contributed by atoms with E-state index in [4.69, 9.17) is 4.74 Å². The van der Waals surface area contributed by atoms with Crippen LogP contribution in [-0.4, -0.2) is 26.3 Å². The summed E-state index contributed by atoms with van der Waals surface area (Å²) in [7, 11) is 0. The molecule has 1 unspecified atom stereocenters. The molecule has 0 fully saturated rings. The first-order valence-corrected chi connectivity index (χ1v) is 5.77. The number of benzene rings is 1. The zero-order valence-electron chi connectivity index (χ0n) is 9.05. The molecule has 1 aromatic carbocycles. The first-order chi connectivity index (χ1) is 8.15. The second kappa shape index (κ2) is 5.22. The van der Waals surface area contributed by atoms with Crippen molar-refractivity contribution in [2.45, 2.75) is 19.6 Å². The highest BCUT2D eigenvalue weighted by Crippen LogP contribution is 2.23. The smallest absolute Gasteiger partial charge is 0.165 e. The summed E-state index contributed by atoms with van der Waals surface area (Å²) in [5.74, 6) is -0.184. The molecule has 17 heavy (non-hydrogen) atoms. The Hall–Kier alpha value is -1.50. The van der Waals surface area contributed by atoms with E-state index in [0.29, 0.717) is 6.54 Å². The highest BCUT2D eigenvalue weighted by Gasteiger charge is 2.10. The topological polar surface area (TPSA) is 52.8 Å². The molecule has 90 valence electrons. The van der Waals surface area contributed by atoms with Crippen molar-refractivity contribution in [2.75, 3.05) is 0 Å². The Morgan fingerprint density at radius 1 is 1.53 bits per heavy atom. The molecule has 0 saturated heterocycles. The maximum Gasteiger partial charge on any atom is 0.165 e. The first-order valence-electron chi connectivity index (χ1n) is 4.97. The fraction of sp³-hybridized carbons (Fsp3) is 0.300. The molecule has 0 aliphatic carbocycles. The molecule has 0 radical (unpaired) electrons. The molecule has 5 nitrogen and oxygen atoms in total. The van der Waals surface area contributed by atoms with Gasteiger partial charge in [0, 0.05) is 4.47 Å². The highest BCUT2D eigenvalue weighted by molar-refractivity contribution is 9.10. The van der Waals surface area contributed by atoms with Gasteiger partial charge >= 0.3 is 0 Å². The van der Waals surface area contributed by atoms with E-state index in [1.165, 1.54) is 17.1 Å². The van der Waals surface area contributed by atoms with Crippen molar-refractivity contribution >= 4 is 15.9 Å². The van der Waals surface area contributed by atoms with Gasteiger partial charge in [-0.25, -0.2) is 9.07 Å². The van der Waals surface area contributed by atoms with Crippen LogP contribution in [0.5, 0.6) is 5.75 Å². The number of tetrazole rings is 1. The summed E-state index contributed by atoms with van der Waals surface area (Å²) in [6.45, 7) is 2.28. The predicted octanol–water partition coefficient (Wildman–Crippen LogP) is 2.04. The molecule has 2 rings (SSSR count). The van der Waals surface area contributed by atoms with Crippen LogP contribution in [0.1, 0.15) is 6.92 Å². The third-order valence-corrected chi connectivity index (χ3v) is 2.55. The van der Waals surface area contributed by atoms with E-state index in [1.807, 2.05) is 6.92 Å². The van der Waals surface area contributed by atoms with Crippen molar-refractivity contribution in [2.24, 2.45) is 0 Å². The Bertz CT molecular complexity index is 491. The largest absolute Gasteiger partial charge is 0.486 e. The Kier molecular flexibility index (Phi) is 3.68. The zero-order valence-corrected chi connectivity index (χ0v) is 10.6. The third kappa shape index (κ3) is 3.23. The molecule has 1 heterocycles. The minimum absolute atomic E-state index is 0.208. The maximum atomic E-state index is 13.4. The van der Waals surface area contributed by atoms with E-state index in [-0.39, 0.29) is 11.9 Å². The van der Waals surface area contributed by atoms with Crippen molar-refractivity contribution in [3.63, 3.8) is 0 Å². The Morgan fingerprint density at radius 2 is 2.35 bits per heavy atom. The molecule has 1 atom stereocenters. The summed E-state index contributed by atoms with van der Waals surface area (Å²) in [4.78, 5) is 0. The summed E-state index contributed by atoms with van der Waals surface area (Å²) >= 11 is 3.26. The molecule has 0 amide bonds. The highest BCUT2D eigenvalue weighted by atomic mass is 79.9. The van der Waals surface area contributed by atoms with Gasteiger partial charge in [0.25, 0.3) is 0 Å². The van der Waals surface area contributed by atoms with Crippen LogP contribution >= 0.6 is 15.9 Å². The number of rotatable bonds is 4. The second-order valence-corrected chi connectivity index (χ2v) is 4.45. The lowest BCUT2D eigenvalue weighted by Crippen LogP contribution is -2.20. The van der Waals surface area contributed by atoms with Gasteiger partial charge in [-0.2, -0.15) is 0 Å². The van der Waals surface area contributed by atoms with Crippen molar-refractivity contribution in [1.29, 1.82) is 0 Å². The van der Waals surface area contributed by atoms with Gasteiger partial charge in [-0.3, -0.25) is 0 Å². The third-order valence-electron chi connectivity index (χ3n) is 2.06. The van der Waals surface area contributed by atoms with E-state index in [2.05, 4.69) is 31.5 Å². The lowest BCUT2D eigenvalue weighted by molar-refractivity contribution is 0.185. The minimum Gasteiger partial charge on any atom is -0.486 e. The molecular weight excluding hydrogens is 291 g/mol. The number of hydrogen-bond acceptors (Lipinski definition) is 4. The molecule has 7 heteroatoms. The van der Waals surface area contributed by atoms with E-state index in [9.17, 15) is 4.39 Å². The number of halogens is 2. The van der Waals surface area contributed by atoms with Gasteiger partial charge in [0.15, 0.2) is 11.6 Å². The van der Waals surface area contributed by atoms with Crippen LogP contribution in [0.25, 0.3) is 0 Å². The van der Waals surface area contributed by atoms with E-state index in [1.54, 1.807) is 12.1 Å². The molecule has 0 saturated carbocycles. The lowest BCUT2D eigenvalue weighted by atomic mass is 10.3. The van der Waals surface area contributed by atoms with Crippen LogP contribution in [0, 0.1) is 5.82 Å². The van der Waals surface area contributed by atoms with Crippen molar-refractivity contribution in [3.05, 3.63) is 34.8 Å². The minimum atomic E-state index is -0.392. The maximum absolute atomic E-state index is 13.4. The van der Waals surface area contributed by atoms with Gasteiger partial charge in [0.05, 0.1) is 6.54 Å². The summed E-state index contributed by atoms with van der Waals surface area (Å²) in [5, 5.41) is 10.7. The Balaban J connectivity index is 2.02. The number of ether oxygens (including phenoxy) is 1. The molecule has 1 aromatic heterocycles.